The fourth-order valence-electron chi connectivity index (χ4n) is 2.30. The summed E-state index contributed by atoms with van der Waals surface area (Å²) in [5.74, 6) is 2.56. The van der Waals surface area contributed by atoms with E-state index in [0.717, 1.165) is 35.2 Å². The van der Waals surface area contributed by atoms with Gasteiger partial charge in [0.1, 0.15) is 11.9 Å². The number of thioether (sulfide) groups is 1. The van der Waals surface area contributed by atoms with Crippen molar-refractivity contribution in [3.8, 4) is 5.75 Å². The minimum Gasteiger partial charge on any atom is -0.489 e. The lowest BCUT2D eigenvalue weighted by atomic mass is 10.0. The van der Waals surface area contributed by atoms with Crippen LogP contribution in [-0.4, -0.2) is 31.2 Å². The van der Waals surface area contributed by atoms with Gasteiger partial charge >= 0.3 is 0 Å². The highest BCUT2D eigenvalue weighted by molar-refractivity contribution is 7.98. The number of hydrogen-bond acceptors (Lipinski definition) is 3. The van der Waals surface area contributed by atoms with E-state index >= 15 is 0 Å². The van der Waals surface area contributed by atoms with Crippen LogP contribution in [0.4, 0.5) is 0 Å². The predicted molar refractivity (Wildman–Crippen MR) is 80.0 cm³/mol. The van der Waals surface area contributed by atoms with Crippen molar-refractivity contribution in [2.45, 2.75) is 19.4 Å². The molecule has 1 aliphatic heterocycles. The van der Waals surface area contributed by atoms with Crippen LogP contribution in [0.2, 0.25) is 5.02 Å². The Labute approximate surface area is 118 Å². The number of halogens is 1. The molecular weight excluding hydrogens is 266 g/mol. The Balaban J connectivity index is 2.10. The molecule has 0 bridgehead atoms. The van der Waals surface area contributed by atoms with Crippen molar-refractivity contribution in [1.29, 1.82) is 0 Å². The van der Waals surface area contributed by atoms with E-state index in [9.17, 15) is 0 Å². The van der Waals surface area contributed by atoms with E-state index in [4.69, 9.17) is 16.3 Å². The minimum atomic E-state index is 0.271. The van der Waals surface area contributed by atoms with Crippen LogP contribution < -0.4 is 10.1 Å². The summed E-state index contributed by atoms with van der Waals surface area (Å²) in [4.78, 5) is 0. The van der Waals surface area contributed by atoms with Crippen molar-refractivity contribution in [2.75, 3.05) is 25.1 Å². The summed E-state index contributed by atoms with van der Waals surface area (Å²) in [5, 5.41) is 4.19. The molecule has 0 unspecified atom stereocenters. The molecule has 1 saturated heterocycles. The highest BCUT2D eigenvalue weighted by Crippen LogP contribution is 2.29. The molecule has 1 aromatic rings. The highest BCUT2D eigenvalue weighted by atomic mass is 35.5. The molecule has 0 amide bonds. The van der Waals surface area contributed by atoms with Gasteiger partial charge < -0.3 is 10.1 Å². The van der Waals surface area contributed by atoms with E-state index in [1.165, 1.54) is 6.42 Å². The molecule has 4 heteroatoms. The third-order valence-electron chi connectivity index (χ3n) is 3.45. The quantitative estimate of drug-likeness (QED) is 0.896. The Morgan fingerprint density at radius 2 is 2.39 bits per heavy atom. The first-order valence-electron chi connectivity index (χ1n) is 6.33. The van der Waals surface area contributed by atoms with E-state index in [1.54, 1.807) is 0 Å². The number of ether oxygens (including phenoxy) is 1. The second kappa shape index (κ2) is 6.69. The van der Waals surface area contributed by atoms with Gasteiger partial charge in [0, 0.05) is 28.8 Å². The minimum absolute atomic E-state index is 0.271. The standard InChI is InChI=1S/C14H20ClNOS/c1-10-12(15)4-3-5-13(10)17-14(9-18-2)11-6-7-16-8-11/h3-5,11,14,16H,6-9H2,1-2H3/t11-,14+/m0/s1. The second-order valence-corrected chi connectivity index (χ2v) is 6.05. The number of hydrogen-bond donors (Lipinski definition) is 1. The van der Waals surface area contributed by atoms with Crippen molar-refractivity contribution in [1.82, 2.24) is 5.32 Å². The van der Waals surface area contributed by atoms with Gasteiger partial charge in [-0.15, -0.1) is 0 Å². The smallest absolute Gasteiger partial charge is 0.124 e. The SMILES string of the molecule is CSC[C@@H](Oc1cccc(Cl)c1C)[C@H]1CCNC1. The molecule has 2 atom stereocenters. The molecule has 1 heterocycles. The van der Waals surface area contributed by atoms with Crippen LogP contribution in [-0.2, 0) is 0 Å². The molecule has 0 aliphatic carbocycles. The van der Waals surface area contributed by atoms with Gasteiger partial charge in [-0.1, -0.05) is 17.7 Å². The summed E-state index contributed by atoms with van der Waals surface area (Å²) in [7, 11) is 0. The third kappa shape index (κ3) is 3.34. The van der Waals surface area contributed by atoms with Crippen molar-refractivity contribution in [3.05, 3.63) is 28.8 Å². The summed E-state index contributed by atoms with van der Waals surface area (Å²) in [5.41, 5.74) is 1.04. The van der Waals surface area contributed by atoms with Gasteiger partial charge in [0.25, 0.3) is 0 Å². The van der Waals surface area contributed by atoms with Crippen molar-refractivity contribution >= 4 is 23.4 Å². The lowest BCUT2D eigenvalue weighted by Gasteiger charge is -2.24. The van der Waals surface area contributed by atoms with Gasteiger partial charge in [-0.3, -0.25) is 0 Å². The van der Waals surface area contributed by atoms with Crippen molar-refractivity contribution < 1.29 is 4.74 Å². The first kappa shape index (κ1) is 14.0. The van der Waals surface area contributed by atoms with Crippen LogP contribution in [0.25, 0.3) is 0 Å². The Bertz CT molecular complexity index is 393. The van der Waals surface area contributed by atoms with Crippen LogP contribution in [0.15, 0.2) is 18.2 Å². The van der Waals surface area contributed by atoms with Crippen LogP contribution in [0.1, 0.15) is 12.0 Å². The van der Waals surface area contributed by atoms with Gasteiger partial charge in [-0.05, 0) is 38.3 Å². The maximum atomic E-state index is 6.21. The van der Waals surface area contributed by atoms with Crippen LogP contribution >= 0.6 is 23.4 Å². The molecule has 0 aromatic heterocycles. The van der Waals surface area contributed by atoms with Gasteiger partial charge in [0.05, 0.1) is 0 Å². The topological polar surface area (TPSA) is 21.3 Å². The largest absolute Gasteiger partial charge is 0.489 e. The Hall–Kier alpha value is -0.380. The summed E-state index contributed by atoms with van der Waals surface area (Å²) in [6.07, 6.45) is 3.60. The summed E-state index contributed by atoms with van der Waals surface area (Å²) < 4.78 is 6.21. The molecule has 1 N–H and O–H groups in total. The normalized spacial score (nSPS) is 20.9. The van der Waals surface area contributed by atoms with E-state index in [0.29, 0.717) is 5.92 Å². The van der Waals surface area contributed by atoms with E-state index in [-0.39, 0.29) is 6.10 Å². The number of nitrogens with one attached hydrogen (secondary N) is 1. The lowest BCUT2D eigenvalue weighted by Crippen LogP contribution is -2.31. The van der Waals surface area contributed by atoms with Gasteiger partial charge in [0.2, 0.25) is 0 Å². The average Bonchev–Trinajstić information content (AvgIpc) is 2.88. The first-order chi connectivity index (χ1) is 8.72. The average molecular weight is 286 g/mol. The molecule has 0 radical (unpaired) electrons. The molecule has 2 rings (SSSR count). The molecule has 1 aromatic carbocycles. The summed E-state index contributed by atoms with van der Waals surface area (Å²) in [6, 6.07) is 5.87. The molecule has 0 spiro atoms. The van der Waals surface area contributed by atoms with Gasteiger partial charge in [0.15, 0.2) is 0 Å². The zero-order chi connectivity index (χ0) is 13.0. The summed E-state index contributed by atoms with van der Waals surface area (Å²) in [6.45, 7) is 4.18. The zero-order valence-corrected chi connectivity index (χ0v) is 12.5. The van der Waals surface area contributed by atoms with Crippen molar-refractivity contribution in [2.24, 2.45) is 5.92 Å². The van der Waals surface area contributed by atoms with Crippen LogP contribution in [0.3, 0.4) is 0 Å². The third-order valence-corrected chi connectivity index (χ3v) is 4.52. The maximum Gasteiger partial charge on any atom is 0.124 e. The molecule has 100 valence electrons. The molecule has 18 heavy (non-hydrogen) atoms. The second-order valence-electron chi connectivity index (χ2n) is 4.73. The lowest BCUT2D eigenvalue weighted by molar-refractivity contribution is 0.164. The maximum absolute atomic E-state index is 6.21. The first-order valence-corrected chi connectivity index (χ1v) is 8.11. The Morgan fingerprint density at radius 3 is 3.06 bits per heavy atom. The molecule has 1 fully saturated rings. The Kier molecular flexibility index (Phi) is 5.22. The fourth-order valence-corrected chi connectivity index (χ4v) is 3.14. The molecule has 2 nitrogen and oxygen atoms in total. The predicted octanol–water partition coefficient (Wildman–Crippen LogP) is 3.37. The monoisotopic (exact) mass is 285 g/mol. The zero-order valence-electron chi connectivity index (χ0n) is 10.9. The molecule has 0 saturated carbocycles. The van der Waals surface area contributed by atoms with E-state index in [2.05, 4.69) is 11.6 Å². The van der Waals surface area contributed by atoms with E-state index in [1.807, 2.05) is 36.9 Å². The van der Waals surface area contributed by atoms with E-state index < -0.39 is 0 Å². The van der Waals surface area contributed by atoms with Crippen molar-refractivity contribution in [3.63, 3.8) is 0 Å². The number of benzene rings is 1. The van der Waals surface area contributed by atoms with Gasteiger partial charge in [-0.2, -0.15) is 11.8 Å². The summed E-state index contributed by atoms with van der Waals surface area (Å²) >= 11 is 7.98. The molecule has 1 aliphatic rings. The van der Waals surface area contributed by atoms with Gasteiger partial charge in [-0.25, -0.2) is 0 Å². The van der Waals surface area contributed by atoms with Crippen LogP contribution in [0, 0.1) is 12.8 Å². The highest BCUT2D eigenvalue weighted by Gasteiger charge is 2.26. The molecular formula is C14H20ClNOS. The number of rotatable bonds is 5. The fraction of sp³-hybridized carbons (Fsp3) is 0.571. The Morgan fingerprint density at radius 1 is 1.56 bits per heavy atom. The van der Waals surface area contributed by atoms with Crippen LogP contribution in [0.5, 0.6) is 5.75 Å².